The summed E-state index contributed by atoms with van der Waals surface area (Å²) in [5.74, 6) is 2.78. The number of aliphatic imine (C=N–C) groups is 1. The molecule has 0 saturated carbocycles. The summed E-state index contributed by atoms with van der Waals surface area (Å²) in [7, 11) is 0. The van der Waals surface area contributed by atoms with E-state index in [0.717, 1.165) is 43.3 Å². The SMILES string of the molecule is CCNC(=NCc1ccccc1OCCN(CC)CC)NCC(C)(O)c1ccc(C)o1. The Balaban J connectivity index is 2.00. The van der Waals surface area contributed by atoms with Crippen molar-refractivity contribution in [3.63, 3.8) is 0 Å². The third-order valence-corrected chi connectivity index (χ3v) is 5.16. The molecule has 0 amide bonds. The van der Waals surface area contributed by atoms with Crippen molar-refractivity contribution in [1.82, 2.24) is 15.5 Å². The van der Waals surface area contributed by atoms with Crippen LogP contribution in [0, 0.1) is 6.92 Å². The summed E-state index contributed by atoms with van der Waals surface area (Å²) in [5, 5.41) is 17.2. The van der Waals surface area contributed by atoms with Crippen LogP contribution in [0.1, 0.15) is 44.8 Å². The zero-order valence-corrected chi connectivity index (χ0v) is 19.6. The van der Waals surface area contributed by atoms with Gasteiger partial charge < -0.3 is 29.8 Å². The van der Waals surface area contributed by atoms with Crippen LogP contribution in [0.4, 0.5) is 0 Å². The lowest BCUT2D eigenvalue weighted by Gasteiger charge is -2.23. The molecule has 7 nitrogen and oxygen atoms in total. The molecule has 1 aromatic carbocycles. The van der Waals surface area contributed by atoms with Gasteiger partial charge in [-0.15, -0.1) is 0 Å². The number of furan rings is 1. The van der Waals surface area contributed by atoms with Gasteiger partial charge in [-0.2, -0.15) is 0 Å². The van der Waals surface area contributed by atoms with Gasteiger partial charge >= 0.3 is 0 Å². The normalized spacial score (nSPS) is 13.8. The average molecular weight is 431 g/mol. The minimum Gasteiger partial charge on any atom is -0.492 e. The summed E-state index contributed by atoms with van der Waals surface area (Å²) in [5.41, 5.74) is -0.122. The van der Waals surface area contributed by atoms with Gasteiger partial charge in [-0.3, -0.25) is 0 Å². The van der Waals surface area contributed by atoms with Crippen LogP contribution in [-0.4, -0.2) is 55.3 Å². The van der Waals surface area contributed by atoms with E-state index in [9.17, 15) is 5.11 Å². The van der Waals surface area contributed by atoms with Gasteiger partial charge in [0, 0.05) is 18.7 Å². The second kappa shape index (κ2) is 12.4. The predicted octanol–water partition coefficient (Wildman–Crippen LogP) is 3.27. The van der Waals surface area contributed by atoms with E-state index in [4.69, 9.17) is 9.15 Å². The zero-order chi connectivity index (χ0) is 22.7. The summed E-state index contributed by atoms with van der Waals surface area (Å²) < 4.78 is 11.6. The van der Waals surface area contributed by atoms with E-state index in [1.807, 2.05) is 44.2 Å². The van der Waals surface area contributed by atoms with Crippen molar-refractivity contribution in [2.24, 2.45) is 4.99 Å². The van der Waals surface area contributed by atoms with Crippen LogP contribution >= 0.6 is 0 Å². The van der Waals surface area contributed by atoms with Crippen LogP contribution in [-0.2, 0) is 12.1 Å². The van der Waals surface area contributed by atoms with E-state index in [0.29, 0.717) is 24.9 Å². The fourth-order valence-corrected chi connectivity index (χ4v) is 3.17. The van der Waals surface area contributed by atoms with E-state index in [1.165, 1.54) is 0 Å². The molecule has 1 aromatic heterocycles. The molecular weight excluding hydrogens is 392 g/mol. The number of likely N-dealkylation sites (N-methyl/N-ethyl adjacent to an activating group) is 1. The van der Waals surface area contributed by atoms with Crippen molar-refractivity contribution in [3.8, 4) is 5.75 Å². The van der Waals surface area contributed by atoms with Gasteiger partial charge in [-0.25, -0.2) is 4.99 Å². The monoisotopic (exact) mass is 430 g/mol. The Morgan fingerprint density at radius 3 is 2.52 bits per heavy atom. The molecule has 172 valence electrons. The molecule has 0 aliphatic heterocycles. The van der Waals surface area contributed by atoms with Crippen LogP contribution < -0.4 is 15.4 Å². The number of nitrogens with zero attached hydrogens (tertiary/aromatic N) is 2. The Morgan fingerprint density at radius 2 is 1.87 bits per heavy atom. The molecule has 1 unspecified atom stereocenters. The maximum absolute atomic E-state index is 10.8. The molecular formula is C24H38N4O3. The lowest BCUT2D eigenvalue weighted by atomic mass is 10.0. The van der Waals surface area contributed by atoms with E-state index in [-0.39, 0.29) is 6.54 Å². The Kier molecular flexibility index (Phi) is 9.88. The predicted molar refractivity (Wildman–Crippen MR) is 126 cm³/mol. The molecule has 2 rings (SSSR count). The first-order valence-corrected chi connectivity index (χ1v) is 11.1. The third-order valence-electron chi connectivity index (χ3n) is 5.16. The molecule has 0 fully saturated rings. The number of hydrogen-bond acceptors (Lipinski definition) is 5. The number of hydrogen-bond donors (Lipinski definition) is 3. The lowest BCUT2D eigenvalue weighted by Crippen LogP contribution is -2.44. The van der Waals surface area contributed by atoms with E-state index in [2.05, 4.69) is 34.4 Å². The van der Waals surface area contributed by atoms with Crippen LogP contribution in [0.15, 0.2) is 45.8 Å². The highest BCUT2D eigenvalue weighted by molar-refractivity contribution is 5.79. The van der Waals surface area contributed by atoms with Crippen molar-refractivity contribution < 1.29 is 14.3 Å². The standard InChI is InChI=1S/C24H38N4O3/c1-6-25-23(27-18-24(5,29)22-14-13-19(4)31-22)26-17-20-11-9-10-12-21(20)30-16-15-28(7-2)8-3/h9-14,29H,6-8,15-18H2,1-5H3,(H2,25,26,27). The minimum absolute atomic E-state index is 0.272. The van der Waals surface area contributed by atoms with E-state index >= 15 is 0 Å². The number of aryl methyl sites for hydroxylation is 1. The minimum atomic E-state index is -1.14. The van der Waals surface area contributed by atoms with Gasteiger partial charge in [0.05, 0.1) is 13.1 Å². The number of nitrogens with one attached hydrogen (secondary N) is 2. The Hall–Kier alpha value is -2.51. The molecule has 0 bridgehead atoms. The number of ether oxygens (including phenoxy) is 1. The molecule has 2 aromatic rings. The molecule has 7 heteroatoms. The van der Waals surface area contributed by atoms with Gasteiger partial charge in [0.25, 0.3) is 0 Å². The summed E-state index contributed by atoms with van der Waals surface area (Å²) in [6.45, 7) is 15.0. The van der Waals surface area contributed by atoms with Gasteiger partial charge in [-0.05, 0) is 52.1 Å². The smallest absolute Gasteiger partial charge is 0.191 e. The van der Waals surface area contributed by atoms with Gasteiger partial charge in [0.15, 0.2) is 5.96 Å². The van der Waals surface area contributed by atoms with Crippen LogP contribution in [0.2, 0.25) is 0 Å². The molecule has 0 aliphatic carbocycles. The summed E-state index contributed by atoms with van der Waals surface area (Å²) >= 11 is 0. The molecule has 31 heavy (non-hydrogen) atoms. The highest BCUT2D eigenvalue weighted by Crippen LogP contribution is 2.22. The number of aliphatic hydroxyl groups is 1. The molecule has 0 radical (unpaired) electrons. The first kappa shape index (κ1) is 24.8. The van der Waals surface area contributed by atoms with Crippen molar-refractivity contribution in [2.45, 2.75) is 46.8 Å². The van der Waals surface area contributed by atoms with Crippen LogP contribution in [0.5, 0.6) is 5.75 Å². The van der Waals surface area contributed by atoms with Gasteiger partial charge in [-0.1, -0.05) is 32.0 Å². The van der Waals surface area contributed by atoms with E-state index < -0.39 is 5.60 Å². The maximum atomic E-state index is 10.8. The van der Waals surface area contributed by atoms with Crippen molar-refractivity contribution >= 4 is 5.96 Å². The second-order valence-corrected chi connectivity index (χ2v) is 7.72. The number of benzene rings is 1. The highest BCUT2D eigenvalue weighted by atomic mass is 16.5. The fourth-order valence-electron chi connectivity index (χ4n) is 3.17. The molecule has 3 N–H and O–H groups in total. The van der Waals surface area contributed by atoms with Crippen molar-refractivity contribution in [3.05, 3.63) is 53.5 Å². The van der Waals surface area contributed by atoms with E-state index in [1.54, 1.807) is 13.0 Å². The summed E-state index contributed by atoms with van der Waals surface area (Å²) in [6, 6.07) is 11.6. The highest BCUT2D eigenvalue weighted by Gasteiger charge is 2.27. The molecule has 0 saturated heterocycles. The van der Waals surface area contributed by atoms with Crippen molar-refractivity contribution in [2.75, 3.05) is 39.3 Å². The average Bonchev–Trinajstić information content (AvgIpc) is 3.21. The number of guanidine groups is 1. The largest absolute Gasteiger partial charge is 0.492 e. The quantitative estimate of drug-likeness (QED) is 0.354. The topological polar surface area (TPSA) is 82.3 Å². The molecule has 1 heterocycles. The molecule has 0 aliphatic rings. The Labute approximate surface area is 186 Å². The lowest BCUT2D eigenvalue weighted by molar-refractivity contribution is 0.0378. The molecule has 1 atom stereocenters. The Morgan fingerprint density at radius 1 is 1.13 bits per heavy atom. The van der Waals surface area contributed by atoms with Crippen LogP contribution in [0.3, 0.4) is 0 Å². The fraction of sp³-hybridized carbons (Fsp3) is 0.542. The number of para-hydroxylation sites is 1. The van der Waals surface area contributed by atoms with Gasteiger partial charge in [0.1, 0.15) is 29.5 Å². The zero-order valence-electron chi connectivity index (χ0n) is 19.6. The third kappa shape index (κ3) is 7.92. The van der Waals surface area contributed by atoms with Crippen LogP contribution in [0.25, 0.3) is 0 Å². The maximum Gasteiger partial charge on any atom is 0.191 e. The second-order valence-electron chi connectivity index (χ2n) is 7.72. The van der Waals surface area contributed by atoms with Gasteiger partial charge in [0.2, 0.25) is 0 Å². The first-order valence-electron chi connectivity index (χ1n) is 11.1. The Bertz CT molecular complexity index is 813. The van der Waals surface area contributed by atoms with Crippen molar-refractivity contribution in [1.29, 1.82) is 0 Å². The molecule has 0 spiro atoms. The summed E-state index contributed by atoms with van der Waals surface area (Å²) in [4.78, 5) is 7.02. The first-order chi connectivity index (χ1) is 14.9. The summed E-state index contributed by atoms with van der Waals surface area (Å²) in [6.07, 6.45) is 0. The number of rotatable bonds is 12.